The van der Waals surface area contributed by atoms with E-state index in [9.17, 15) is 9.59 Å². The molecule has 1 aromatic carbocycles. The van der Waals surface area contributed by atoms with E-state index in [4.69, 9.17) is 9.84 Å². The molecule has 1 amide bonds. The van der Waals surface area contributed by atoms with Crippen LogP contribution in [0.2, 0.25) is 0 Å². The molecule has 0 radical (unpaired) electrons. The molecule has 2 heterocycles. The van der Waals surface area contributed by atoms with E-state index < -0.39 is 17.4 Å². The molecule has 3 rings (SSSR count). The highest BCUT2D eigenvalue weighted by molar-refractivity contribution is 5.93. The molecule has 8 nitrogen and oxygen atoms in total. The number of hydrogen-bond acceptors (Lipinski definition) is 5. The van der Waals surface area contributed by atoms with Crippen molar-refractivity contribution in [3.63, 3.8) is 0 Å². The van der Waals surface area contributed by atoms with Crippen molar-refractivity contribution in [1.29, 1.82) is 0 Å². The van der Waals surface area contributed by atoms with Gasteiger partial charge in [0.25, 0.3) is 5.91 Å². The molecule has 8 heteroatoms. The van der Waals surface area contributed by atoms with E-state index in [1.807, 2.05) is 30.3 Å². The lowest BCUT2D eigenvalue weighted by molar-refractivity contribution is -0.138. The van der Waals surface area contributed by atoms with E-state index in [0.29, 0.717) is 13.0 Å². The number of carbonyl (C=O) groups excluding carboxylic acids is 1. The number of aromatic nitrogens is 3. The second kappa shape index (κ2) is 6.17. The summed E-state index contributed by atoms with van der Waals surface area (Å²) in [5.74, 6) is -1.44. The molecular formula is C15H16N4O4. The third kappa shape index (κ3) is 3.37. The van der Waals surface area contributed by atoms with Gasteiger partial charge in [-0.05, 0) is 18.6 Å². The van der Waals surface area contributed by atoms with Crippen molar-refractivity contribution in [1.82, 2.24) is 20.3 Å². The molecule has 1 fully saturated rings. The van der Waals surface area contributed by atoms with Crippen molar-refractivity contribution >= 4 is 11.9 Å². The van der Waals surface area contributed by atoms with Gasteiger partial charge in [0.2, 0.25) is 0 Å². The summed E-state index contributed by atoms with van der Waals surface area (Å²) in [6, 6.07) is 9.27. The zero-order valence-electron chi connectivity index (χ0n) is 12.3. The molecule has 0 saturated carbocycles. The van der Waals surface area contributed by atoms with Crippen LogP contribution < -0.4 is 5.32 Å². The van der Waals surface area contributed by atoms with Gasteiger partial charge in [-0.25, -0.2) is 4.68 Å². The monoisotopic (exact) mass is 316 g/mol. The lowest BCUT2D eigenvalue weighted by atomic mass is 9.94. The molecule has 1 aliphatic heterocycles. The minimum absolute atomic E-state index is 0.130. The zero-order valence-corrected chi connectivity index (χ0v) is 12.3. The predicted molar refractivity (Wildman–Crippen MR) is 79.2 cm³/mol. The normalized spacial score (nSPS) is 20.3. The molecule has 1 atom stereocenters. The van der Waals surface area contributed by atoms with Gasteiger partial charge >= 0.3 is 5.97 Å². The molecule has 0 spiro atoms. The molecule has 120 valence electrons. The van der Waals surface area contributed by atoms with E-state index in [0.717, 1.165) is 5.69 Å². The second-order valence-electron chi connectivity index (χ2n) is 5.49. The molecule has 23 heavy (non-hydrogen) atoms. The van der Waals surface area contributed by atoms with E-state index in [-0.39, 0.29) is 18.7 Å². The van der Waals surface area contributed by atoms with E-state index in [2.05, 4.69) is 15.6 Å². The Morgan fingerprint density at radius 3 is 2.78 bits per heavy atom. The molecule has 0 bridgehead atoms. The minimum atomic E-state index is -0.983. The van der Waals surface area contributed by atoms with Crippen LogP contribution in [0.1, 0.15) is 23.3 Å². The number of nitrogens with zero attached hydrogens (tertiary/aromatic N) is 3. The number of nitrogens with one attached hydrogen (secondary N) is 1. The van der Waals surface area contributed by atoms with Crippen LogP contribution in [0.4, 0.5) is 0 Å². The quantitative estimate of drug-likeness (QED) is 0.838. The van der Waals surface area contributed by atoms with E-state index >= 15 is 0 Å². The Bertz CT molecular complexity index is 707. The number of carboxylic acids is 1. The number of benzene rings is 1. The minimum Gasteiger partial charge on any atom is -0.481 e. The average molecular weight is 316 g/mol. The van der Waals surface area contributed by atoms with Crippen LogP contribution in [-0.4, -0.2) is 50.7 Å². The lowest BCUT2D eigenvalue weighted by Gasteiger charge is -2.26. The Labute approximate surface area is 132 Å². The maximum atomic E-state index is 12.4. The third-order valence-electron chi connectivity index (χ3n) is 3.72. The standard InChI is InChI=1S/C15H16N4O4/c20-13(21)8-15(6-7-23-10-15)16-14(22)12-9-19(18-17-12)11-4-2-1-3-5-11/h1-5,9H,6-8,10H2,(H,16,22)(H,20,21). The SMILES string of the molecule is O=C(O)CC1(NC(=O)c2cn(-c3ccccc3)nn2)CCOC1. The fourth-order valence-electron chi connectivity index (χ4n) is 2.56. The Kier molecular flexibility index (Phi) is 4.07. The van der Waals surface area contributed by atoms with Gasteiger partial charge in [0.1, 0.15) is 0 Å². The van der Waals surface area contributed by atoms with Gasteiger partial charge in [-0.3, -0.25) is 9.59 Å². The number of aliphatic carboxylic acids is 1. The largest absolute Gasteiger partial charge is 0.481 e. The summed E-state index contributed by atoms with van der Waals surface area (Å²) < 4.78 is 6.74. The summed E-state index contributed by atoms with van der Waals surface area (Å²) in [7, 11) is 0. The van der Waals surface area contributed by atoms with Crippen LogP contribution in [0.15, 0.2) is 36.5 Å². The van der Waals surface area contributed by atoms with Gasteiger partial charge in [0, 0.05) is 6.61 Å². The first-order valence-corrected chi connectivity index (χ1v) is 7.18. The van der Waals surface area contributed by atoms with Crippen molar-refractivity contribution < 1.29 is 19.4 Å². The highest BCUT2D eigenvalue weighted by Crippen LogP contribution is 2.23. The molecule has 2 aromatic rings. The number of para-hydroxylation sites is 1. The van der Waals surface area contributed by atoms with Crippen molar-refractivity contribution in [2.24, 2.45) is 0 Å². The van der Waals surface area contributed by atoms with Gasteiger partial charge in [-0.2, -0.15) is 0 Å². The van der Waals surface area contributed by atoms with Gasteiger partial charge in [0.05, 0.1) is 30.5 Å². The second-order valence-corrected chi connectivity index (χ2v) is 5.49. The first-order valence-electron chi connectivity index (χ1n) is 7.18. The maximum Gasteiger partial charge on any atom is 0.305 e. The van der Waals surface area contributed by atoms with Crippen LogP contribution >= 0.6 is 0 Å². The van der Waals surface area contributed by atoms with Crippen LogP contribution in [0.3, 0.4) is 0 Å². The molecule has 1 aromatic heterocycles. The summed E-state index contributed by atoms with van der Waals surface area (Å²) >= 11 is 0. The lowest BCUT2D eigenvalue weighted by Crippen LogP contribution is -2.50. The van der Waals surface area contributed by atoms with Crippen LogP contribution in [0, 0.1) is 0 Å². The maximum absolute atomic E-state index is 12.4. The van der Waals surface area contributed by atoms with Crippen LogP contribution in [-0.2, 0) is 9.53 Å². The summed E-state index contributed by atoms with van der Waals surface area (Å²) in [5.41, 5.74) is 0.0217. The van der Waals surface area contributed by atoms with Gasteiger partial charge in [0.15, 0.2) is 5.69 Å². The smallest absolute Gasteiger partial charge is 0.305 e. The first-order chi connectivity index (χ1) is 11.1. The molecule has 1 unspecified atom stereocenters. The van der Waals surface area contributed by atoms with Gasteiger partial charge < -0.3 is 15.2 Å². The molecule has 2 N–H and O–H groups in total. The molecule has 0 aliphatic carbocycles. The van der Waals surface area contributed by atoms with Crippen molar-refractivity contribution in [3.8, 4) is 5.69 Å². The highest BCUT2D eigenvalue weighted by atomic mass is 16.5. The van der Waals surface area contributed by atoms with E-state index in [1.54, 1.807) is 0 Å². The zero-order chi connectivity index (χ0) is 16.3. The molecular weight excluding hydrogens is 300 g/mol. The van der Waals surface area contributed by atoms with Crippen molar-refractivity contribution in [2.45, 2.75) is 18.4 Å². The Hall–Kier alpha value is -2.74. The fraction of sp³-hybridized carbons (Fsp3) is 0.333. The number of hydrogen-bond donors (Lipinski definition) is 2. The van der Waals surface area contributed by atoms with Crippen LogP contribution in [0.5, 0.6) is 0 Å². The summed E-state index contributed by atoms with van der Waals surface area (Å²) in [6.07, 6.45) is 1.78. The van der Waals surface area contributed by atoms with Gasteiger partial charge in [-0.15, -0.1) is 5.10 Å². The fourth-order valence-corrected chi connectivity index (χ4v) is 2.56. The van der Waals surface area contributed by atoms with Crippen molar-refractivity contribution in [3.05, 3.63) is 42.2 Å². The number of carboxylic acid groups (broad SMARTS) is 1. The highest BCUT2D eigenvalue weighted by Gasteiger charge is 2.39. The molecule has 1 aliphatic rings. The Morgan fingerprint density at radius 1 is 1.35 bits per heavy atom. The van der Waals surface area contributed by atoms with Gasteiger partial charge in [-0.1, -0.05) is 23.4 Å². The van der Waals surface area contributed by atoms with Crippen LogP contribution in [0.25, 0.3) is 5.69 Å². The third-order valence-corrected chi connectivity index (χ3v) is 3.72. The number of carbonyl (C=O) groups is 2. The number of ether oxygens (including phenoxy) is 1. The Morgan fingerprint density at radius 2 is 2.13 bits per heavy atom. The molecule has 1 saturated heterocycles. The summed E-state index contributed by atoms with van der Waals surface area (Å²) in [5, 5.41) is 19.6. The average Bonchev–Trinajstić information content (AvgIpc) is 3.17. The van der Waals surface area contributed by atoms with E-state index in [1.165, 1.54) is 10.9 Å². The topological polar surface area (TPSA) is 106 Å². The number of rotatable bonds is 5. The van der Waals surface area contributed by atoms with Crippen molar-refractivity contribution in [2.75, 3.05) is 13.2 Å². The number of amides is 1. The summed E-state index contributed by atoms with van der Waals surface area (Å²) in [4.78, 5) is 23.4. The Balaban J connectivity index is 1.76. The first kappa shape index (κ1) is 15.2. The predicted octanol–water partition coefficient (Wildman–Crippen LogP) is 0.631. The summed E-state index contributed by atoms with van der Waals surface area (Å²) in [6.45, 7) is 0.599.